The Balaban J connectivity index is 2.84. The predicted octanol–water partition coefficient (Wildman–Crippen LogP) is 3.81. The molecule has 2 rings (SSSR count). The molecule has 0 aliphatic rings. The maximum absolute atomic E-state index is 13.0. The number of benzene rings is 1. The first-order valence-corrected chi connectivity index (χ1v) is 5.87. The zero-order valence-electron chi connectivity index (χ0n) is 7.05. The van der Waals surface area contributed by atoms with Crippen LogP contribution in [0.2, 0.25) is 0 Å². The molecule has 0 aliphatic heterocycles. The van der Waals surface area contributed by atoms with E-state index >= 15 is 0 Å². The molecule has 0 atom stereocenters. The molecule has 2 aromatic rings. The molecular weight excluding hydrogens is 265 g/mol. The molecule has 4 heteroatoms. The van der Waals surface area contributed by atoms with Crippen molar-refractivity contribution in [2.24, 2.45) is 0 Å². The number of halogens is 2. The molecule has 0 radical (unpaired) electrons. The number of nitriles is 1. The SMILES string of the molecule is N#Cc1ccc2cc(F)sc2c1CBr. The first kappa shape index (κ1) is 9.63. The lowest BCUT2D eigenvalue weighted by atomic mass is 10.1. The van der Waals surface area contributed by atoms with Gasteiger partial charge >= 0.3 is 0 Å². The molecule has 0 unspecified atom stereocenters. The van der Waals surface area contributed by atoms with Crippen LogP contribution in [0.25, 0.3) is 10.1 Å². The van der Waals surface area contributed by atoms with Crippen molar-refractivity contribution < 1.29 is 4.39 Å². The summed E-state index contributed by atoms with van der Waals surface area (Å²) in [7, 11) is 0. The van der Waals surface area contributed by atoms with Crippen molar-refractivity contribution >= 4 is 37.4 Å². The Morgan fingerprint density at radius 2 is 2.29 bits per heavy atom. The molecule has 0 saturated heterocycles. The standard InChI is InChI=1S/C10H5BrFNS/c11-4-8-7(5-13)2-1-6-3-9(12)14-10(6)8/h1-3H,4H2. The van der Waals surface area contributed by atoms with E-state index in [-0.39, 0.29) is 5.13 Å². The number of alkyl halides is 1. The van der Waals surface area contributed by atoms with Crippen molar-refractivity contribution in [2.45, 2.75) is 5.33 Å². The zero-order valence-corrected chi connectivity index (χ0v) is 9.45. The molecule has 0 N–H and O–H groups in total. The second-order valence-corrected chi connectivity index (χ2v) is 4.37. The van der Waals surface area contributed by atoms with Gasteiger partial charge in [0.05, 0.1) is 11.6 Å². The molecule has 0 fully saturated rings. The van der Waals surface area contributed by atoms with Crippen LogP contribution in [0, 0.1) is 16.5 Å². The lowest BCUT2D eigenvalue weighted by Crippen LogP contribution is -1.84. The highest BCUT2D eigenvalue weighted by Crippen LogP contribution is 2.31. The van der Waals surface area contributed by atoms with E-state index in [9.17, 15) is 4.39 Å². The Bertz CT molecular complexity index is 527. The predicted molar refractivity (Wildman–Crippen MR) is 59.1 cm³/mol. The van der Waals surface area contributed by atoms with Crippen molar-refractivity contribution in [3.63, 3.8) is 0 Å². The fourth-order valence-electron chi connectivity index (χ4n) is 1.37. The average molecular weight is 270 g/mol. The highest BCUT2D eigenvalue weighted by Gasteiger charge is 2.09. The smallest absolute Gasteiger partial charge is 0.177 e. The molecule has 0 amide bonds. The second kappa shape index (κ2) is 3.68. The minimum Gasteiger partial charge on any atom is -0.195 e. The molecule has 0 saturated carbocycles. The Labute approximate surface area is 92.9 Å². The Hall–Kier alpha value is -0.920. The van der Waals surface area contributed by atoms with Gasteiger partial charge in [-0.05, 0) is 23.1 Å². The third-order valence-corrected chi connectivity index (χ3v) is 3.57. The van der Waals surface area contributed by atoms with Crippen LogP contribution in [0.4, 0.5) is 4.39 Å². The molecule has 14 heavy (non-hydrogen) atoms. The molecule has 1 heterocycles. The molecule has 1 aromatic carbocycles. The van der Waals surface area contributed by atoms with Gasteiger partial charge in [0, 0.05) is 10.0 Å². The van der Waals surface area contributed by atoms with Crippen LogP contribution >= 0.6 is 27.3 Å². The van der Waals surface area contributed by atoms with Gasteiger partial charge in [-0.3, -0.25) is 0 Å². The van der Waals surface area contributed by atoms with Crippen molar-refractivity contribution in [1.29, 1.82) is 5.26 Å². The normalized spacial score (nSPS) is 10.4. The van der Waals surface area contributed by atoms with Gasteiger partial charge in [0.1, 0.15) is 0 Å². The van der Waals surface area contributed by atoms with Gasteiger partial charge < -0.3 is 0 Å². The van der Waals surface area contributed by atoms with Gasteiger partial charge in [0.25, 0.3) is 0 Å². The van der Waals surface area contributed by atoms with E-state index in [2.05, 4.69) is 22.0 Å². The Morgan fingerprint density at radius 1 is 1.50 bits per heavy atom. The minimum atomic E-state index is -0.211. The van der Waals surface area contributed by atoms with Gasteiger partial charge in [0.15, 0.2) is 5.13 Å². The highest BCUT2D eigenvalue weighted by molar-refractivity contribution is 9.08. The summed E-state index contributed by atoms with van der Waals surface area (Å²) in [6, 6.07) is 7.10. The summed E-state index contributed by atoms with van der Waals surface area (Å²) in [5.74, 6) is 0. The van der Waals surface area contributed by atoms with Crippen LogP contribution in [0.3, 0.4) is 0 Å². The molecular formula is C10H5BrFNS. The lowest BCUT2D eigenvalue weighted by molar-refractivity contribution is 0.658. The van der Waals surface area contributed by atoms with Gasteiger partial charge in [-0.15, -0.1) is 11.3 Å². The molecule has 70 valence electrons. The number of rotatable bonds is 1. The molecule has 0 aliphatic carbocycles. The fourth-order valence-corrected chi connectivity index (χ4v) is 3.07. The summed E-state index contributed by atoms with van der Waals surface area (Å²) >= 11 is 4.40. The van der Waals surface area contributed by atoms with Crippen molar-refractivity contribution in [3.8, 4) is 6.07 Å². The van der Waals surface area contributed by atoms with Crippen LogP contribution in [0.5, 0.6) is 0 Å². The largest absolute Gasteiger partial charge is 0.195 e. The van der Waals surface area contributed by atoms with E-state index in [1.165, 1.54) is 6.07 Å². The van der Waals surface area contributed by atoms with E-state index < -0.39 is 0 Å². The number of nitrogens with zero attached hydrogens (tertiary/aromatic N) is 1. The first-order chi connectivity index (χ1) is 6.76. The zero-order chi connectivity index (χ0) is 10.1. The summed E-state index contributed by atoms with van der Waals surface area (Å²) in [5.41, 5.74) is 1.48. The maximum atomic E-state index is 13.0. The number of thiophene rings is 1. The third kappa shape index (κ3) is 1.43. The van der Waals surface area contributed by atoms with E-state index in [4.69, 9.17) is 5.26 Å². The first-order valence-electron chi connectivity index (χ1n) is 3.93. The van der Waals surface area contributed by atoms with Crippen LogP contribution < -0.4 is 0 Å². The quantitative estimate of drug-likeness (QED) is 0.723. The molecule has 0 spiro atoms. The van der Waals surface area contributed by atoms with Crippen LogP contribution in [0.1, 0.15) is 11.1 Å². The lowest BCUT2D eigenvalue weighted by Gasteiger charge is -2.00. The second-order valence-electron chi connectivity index (χ2n) is 2.81. The number of fused-ring (bicyclic) bond motifs is 1. The van der Waals surface area contributed by atoms with E-state index in [0.29, 0.717) is 10.9 Å². The van der Waals surface area contributed by atoms with E-state index in [0.717, 1.165) is 27.0 Å². The van der Waals surface area contributed by atoms with E-state index in [1.54, 1.807) is 12.1 Å². The summed E-state index contributed by atoms with van der Waals surface area (Å²) < 4.78 is 13.9. The molecule has 0 bridgehead atoms. The number of hydrogen-bond acceptors (Lipinski definition) is 2. The average Bonchev–Trinajstić information content (AvgIpc) is 2.56. The topological polar surface area (TPSA) is 23.8 Å². The monoisotopic (exact) mass is 269 g/mol. The maximum Gasteiger partial charge on any atom is 0.177 e. The number of hydrogen-bond donors (Lipinski definition) is 0. The van der Waals surface area contributed by atoms with Gasteiger partial charge in [0.2, 0.25) is 0 Å². The van der Waals surface area contributed by atoms with Crippen molar-refractivity contribution in [2.75, 3.05) is 0 Å². The molecule has 1 aromatic heterocycles. The van der Waals surface area contributed by atoms with Crippen LogP contribution in [-0.2, 0) is 5.33 Å². The summed E-state index contributed by atoms with van der Waals surface area (Å²) in [5, 5.41) is 10.1. The van der Waals surface area contributed by atoms with Crippen LogP contribution in [-0.4, -0.2) is 0 Å². The van der Waals surface area contributed by atoms with Crippen molar-refractivity contribution in [3.05, 3.63) is 34.5 Å². The van der Waals surface area contributed by atoms with Gasteiger partial charge in [-0.25, -0.2) is 0 Å². The summed E-state index contributed by atoms with van der Waals surface area (Å²) in [4.78, 5) is 0. The Kier molecular flexibility index (Phi) is 2.53. The Morgan fingerprint density at radius 3 is 2.93 bits per heavy atom. The fraction of sp³-hybridized carbons (Fsp3) is 0.100. The summed E-state index contributed by atoms with van der Waals surface area (Å²) in [6.45, 7) is 0. The van der Waals surface area contributed by atoms with Crippen molar-refractivity contribution in [1.82, 2.24) is 0 Å². The third-order valence-electron chi connectivity index (χ3n) is 2.01. The summed E-state index contributed by atoms with van der Waals surface area (Å²) in [6.07, 6.45) is 0. The highest BCUT2D eigenvalue weighted by atomic mass is 79.9. The van der Waals surface area contributed by atoms with Crippen LogP contribution in [0.15, 0.2) is 18.2 Å². The molecule has 1 nitrogen and oxygen atoms in total. The van der Waals surface area contributed by atoms with Gasteiger partial charge in [-0.2, -0.15) is 9.65 Å². The minimum absolute atomic E-state index is 0.211. The van der Waals surface area contributed by atoms with E-state index in [1.807, 2.05) is 0 Å². The van der Waals surface area contributed by atoms with Gasteiger partial charge in [-0.1, -0.05) is 22.0 Å².